The molecule has 0 unspecified atom stereocenters. The summed E-state index contributed by atoms with van der Waals surface area (Å²) in [7, 11) is 1.79. The molecule has 0 aliphatic rings. The van der Waals surface area contributed by atoms with E-state index in [1.165, 1.54) is 17.4 Å². The van der Waals surface area contributed by atoms with Crippen molar-refractivity contribution in [3.8, 4) is 10.4 Å². The molecule has 102 valence electrons. The van der Waals surface area contributed by atoms with Crippen LogP contribution in [0.2, 0.25) is 0 Å². The molecule has 1 aromatic carbocycles. The van der Waals surface area contributed by atoms with Gasteiger partial charge in [0, 0.05) is 16.3 Å². The second-order valence-corrected chi connectivity index (χ2v) is 5.16. The van der Waals surface area contributed by atoms with Crippen LogP contribution in [0.5, 0.6) is 0 Å². The second-order valence-electron chi connectivity index (χ2n) is 3.99. The first-order chi connectivity index (χ1) is 8.91. The Bertz CT molecular complexity index is 574. The van der Waals surface area contributed by atoms with Crippen LogP contribution in [-0.2, 0) is 12.7 Å². The fourth-order valence-electron chi connectivity index (χ4n) is 1.70. The van der Waals surface area contributed by atoms with Crippen LogP contribution in [0.1, 0.15) is 10.4 Å². The first-order valence-corrected chi connectivity index (χ1v) is 6.34. The van der Waals surface area contributed by atoms with Gasteiger partial charge in [-0.25, -0.2) is 4.39 Å². The van der Waals surface area contributed by atoms with Crippen molar-refractivity contribution in [1.82, 2.24) is 5.32 Å². The van der Waals surface area contributed by atoms with Gasteiger partial charge in [0.05, 0.1) is 5.56 Å². The number of hydrogen-bond acceptors (Lipinski definition) is 2. The molecule has 0 aliphatic heterocycles. The minimum absolute atomic E-state index is 0.376. The van der Waals surface area contributed by atoms with Crippen molar-refractivity contribution in [3.05, 3.63) is 46.6 Å². The normalized spacial score (nSPS) is 11.8. The molecule has 2 aromatic rings. The van der Waals surface area contributed by atoms with Gasteiger partial charge in [0.15, 0.2) is 0 Å². The molecular weight excluding hydrogens is 278 g/mol. The summed E-state index contributed by atoms with van der Waals surface area (Å²) in [5.41, 5.74) is -0.852. The van der Waals surface area contributed by atoms with E-state index in [0.717, 1.165) is 17.0 Å². The van der Waals surface area contributed by atoms with Gasteiger partial charge in [0.25, 0.3) is 0 Å². The number of thiophene rings is 1. The van der Waals surface area contributed by atoms with Gasteiger partial charge < -0.3 is 5.32 Å². The molecular formula is C13H11F4NS. The third kappa shape index (κ3) is 3.13. The average molecular weight is 289 g/mol. The molecule has 0 saturated carbocycles. The number of nitrogens with one attached hydrogen (secondary N) is 1. The van der Waals surface area contributed by atoms with Crippen molar-refractivity contribution in [3.63, 3.8) is 0 Å². The van der Waals surface area contributed by atoms with Gasteiger partial charge in [-0.3, -0.25) is 0 Å². The third-order valence-electron chi connectivity index (χ3n) is 2.57. The van der Waals surface area contributed by atoms with Crippen molar-refractivity contribution >= 4 is 11.3 Å². The summed E-state index contributed by atoms with van der Waals surface area (Å²) in [6.07, 6.45) is -4.68. The number of rotatable bonds is 3. The predicted molar refractivity (Wildman–Crippen MR) is 67.5 cm³/mol. The molecule has 0 bridgehead atoms. The highest BCUT2D eigenvalue weighted by molar-refractivity contribution is 7.15. The zero-order chi connectivity index (χ0) is 14.0. The molecule has 0 amide bonds. The summed E-state index contributed by atoms with van der Waals surface area (Å²) < 4.78 is 51.1. The van der Waals surface area contributed by atoms with Gasteiger partial charge in [0.1, 0.15) is 5.82 Å². The number of halogens is 4. The molecule has 0 radical (unpaired) electrons. The Labute approximate surface area is 111 Å². The first kappa shape index (κ1) is 14.0. The quantitative estimate of drug-likeness (QED) is 0.831. The van der Waals surface area contributed by atoms with Crippen LogP contribution in [0, 0.1) is 5.82 Å². The maximum atomic E-state index is 13.2. The van der Waals surface area contributed by atoms with Crippen LogP contribution >= 0.6 is 11.3 Å². The van der Waals surface area contributed by atoms with Crippen molar-refractivity contribution in [2.75, 3.05) is 7.05 Å². The summed E-state index contributed by atoms with van der Waals surface area (Å²) in [4.78, 5) is 1.70. The lowest BCUT2D eigenvalue weighted by atomic mass is 10.1. The Morgan fingerprint density at radius 3 is 2.53 bits per heavy atom. The van der Waals surface area contributed by atoms with E-state index in [9.17, 15) is 17.6 Å². The van der Waals surface area contributed by atoms with E-state index in [0.29, 0.717) is 17.0 Å². The zero-order valence-corrected chi connectivity index (χ0v) is 10.8. The number of alkyl halides is 3. The Balaban J connectivity index is 2.39. The van der Waals surface area contributed by atoms with E-state index in [1.54, 1.807) is 13.1 Å². The van der Waals surface area contributed by atoms with E-state index < -0.39 is 17.6 Å². The molecule has 0 aliphatic carbocycles. The standard InChI is InChI=1S/C13H11F4NS/c1-18-7-9-3-5-12(19-9)8-2-4-11(14)10(6-8)13(15,16)17/h2-6,18H,7H2,1H3. The Hall–Kier alpha value is -1.40. The predicted octanol–water partition coefficient (Wildman–Crippen LogP) is 4.29. The van der Waals surface area contributed by atoms with Gasteiger partial charge in [-0.2, -0.15) is 13.2 Å². The minimum Gasteiger partial charge on any atom is -0.315 e. The molecule has 6 heteroatoms. The molecule has 0 saturated heterocycles. The van der Waals surface area contributed by atoms with Crippen molar-refractivity contribution in [2.45, 2.75) is 12.7 Å². The van der Waals surface area contributed by atoms with Gasteiger partial charge in [0.2, 0.25) is 0 Å². The molecule has 0 atom stereocenters. The van der Waals surface area contributed by atoms with Crippen molar-refractivity contribution in [2.24, 2.45) is 0 Å². The highest BCUT2D eigenvalue weighted by Crippen LogP contribution is 2.36. The molecule has 1 nitrogen and oxygen atoms in total. The Morgan fingerprint density at radius 1 is 1.16 bits per heavy atom. The fourth-order valence-corrected chi connectivity index (χ4v) is 2.71. The maximum absolute atomic E-state index is 13.2. The van der Waals surface area contributed by atoms with Gasteiger partial charge in [-0.05, 0) is 36.9 Å². The Morgan fingerprint density at radius 2 is 1.89 bits per heavy atom. The number of hydrogen-bond donors (Lipinski definition) is 1. The monoisotopic (exact) mass is 289 g/mol. The van der Waals surface area contributed by atoms with Crippen LogP contribution in [0.15, 0.2) is 30.3 Å². The molecule has 1 N–H and O–H groups in total. The molecule has 0 fully saturated rings. The average Bonchev–Trinajstić information content (AvgIpc) is 2.77. The van der Waals surface area contributed by atoms with Crippen molar-refractivity contribution < 1.29 is 17.6 Å². The molecule has 1 aromatic heterocycles. The summed E-state index contributed by atoms with van der Waals surface area (Å²) in [5.74, 6) is -1.25. The lowest BCUT2D eigenvalue weighted by molar-refractivity contribution is -0.139. The number of benzene rings is 1. The topological polar surface area (TPSA) is 12.0 Å². The van der Waals surface area contributed by atoms with Crippen LogP contribution < -0.4 is 5.32 Å². The fraction of sp³-hybridized carbons (Fsp3) is 0.231. The van der Waals surface area contributed by atoms with Crippen LogP contribution in [0.4, 0.5) is 17.6 Å². The molecule has 0 spiro atoms. The molecule has 1 heterocycles. The highest BCUT2D eigenvalue weighted by Gasteiger charge is 2.34. The van der Waals surface area contributed by atoms with Crippen LogP contribution in [0.3, 0.4) is 0 Å². The zero-order valence-electron chi connectivity index (χ0n) is 10.0. The largest absolute Gasteiger partial charge is 0.419 e. The minimum atomic E-state index is -4.68. The lowest BCUT2D eigenvalue weighted by Crippen LogP contribution is -2.07. The smallest absolute Gasteiger partial charge is 0.315 e. The SMILES string of the molecule is CNCc1ccc(-c2ccc(F)c(C(F)(F)F)c2)s1. The van der Waals surface area contributed by atoms with E-state index in [-0.39, 0.29) is 0 Å². The highest BCUT2D eigenvalue weighted by atomic mass is 32.1. The summed E-state index contributed by atoms with van der Waals surface area (Å²) >= 11 is 1.38. The van der Waals surface area contributed by atoms with E-state index in [4.69, 9.17) is 0 Å². The van der Waals surface area contributed by atoms with E-state index in [2.05, 4.69) is 5.32 Å². The van der Waals surface area contributed by atoms with Gasteiger partial charge >= 0.3 is 6.18 Å². The first-order valence-electron chi connectivity index (χ1n) is 5.52. The lowest BCUT2D eigenvalue weighted by Gasteiger charge is -2.09. The second kappa shape index (κ2) is 5.30. The third-order valence-corrected chi connectivity index (χ3v) is 3.70. The molecule has 2 rings (SSSR count). The maximum Gasteiger partial charge on any atom is 0.419 e. The van der Waals surface area contributed by atoms with E-state index in [1.807, 2.05) is 6.07 Å². The van der Waals surface area contributed by atoms with Crippen LogP contribution in [0.25, 0.3) is 10.4 Å². The summed E-state index contributed by atoms with van der Waals surface area (Å²) in [6, 6.07) is 6.65. The Kier molecular flexibility index (Phi) is 3.91. The van der Waals surface area contributed by atoms with Crippen molar-refractivity contribution in [1.29, 1.82) is 0 Å². The van der Waals surface area contributed by atoms with E-state index >= 15 is 0 Å². The van der Waals surface area contributed by atoms with Gasteiger partial charge in [-0.1, -0.05) is 6.07 Å². The summed E-state index contributed by atoms with van der Waals surface area (Å²) in [5, 5.41) is 2.96. The van der Waals surface area contributed by atoms with Crippen LogP contribution in [-0.4, -0.2) is 7.05 Å². The molecule has 19 heavy (non-hydrogen) atoms. The summed E-state index contributed by atoms with van der Waals surface area (Å²) in [6.45, 7) is 0.651. The van der Waals surface area contributed by atoms with Gasteiger partial charge in [-0.15, -0.1) is 11.3 Å².